The molecule has 1 aliphatic rings. The minimum atomic E-state index is -0.529. The largest absolute Gasteiger partial charge is 0.457 e. The number of benzene rings is 1. The van der Waals surface area contributed by atoms with Gasteiger partial charge in [0.2, 0.25) is 11.7 Å². The number of rotatable bonds is 9. The Labute approximate surface area is 181 Å². The molecule has 0 aliphatic carbocycles. The number of hydrogen-bond donors (Lipinski definition) is 0. The number of urea groups is 1. The molecule has 0 spiro atoms. The smallest absolute Gasteiger partial charge is 0.326 e. The third-order valence-corrected chi connectivity index (χ3v) is 5.42. The average molecular weight is 425 g/mol. The van der Waals surface area contributed by atoms with Crippen LogP contribution in [0.25, 0.3) is 0 Å². The van der Waals surface area contributed by atoms with Crippen LogP contribution in [0.2, 0.25) is 0 Å². The minimum Gasteiger partial charge on any atom is -0.457 e. The molecule has 164 valence electrons. The van der Waals surface area contributed by atoms with Crippen molar-refractivity contribution in [2.75, 3.05) is 26.7 Å². The van der Waals surface area contributed by atoms with Gasteiger partial charge in [0.05, 0.1) is 0 Å². The molecule has 31 heavy (non-hydrogen) atoms. The van der Waals surface area contributed by atoms with Gasteiger partial charge in [-0.25, -0.2) is 4.79 Å². The van der Waals surface area contributed by atoms with Crippen molar-refractivity contribution in [2.24, 2.45) is 0 Å². The number of aromatic nitrogens is 1. The average Bonchev–Trinajstić information content (AvgIpc) is 3.16. The van der Waals surface area contributed by atoms with Crippen LogP contribution in [0.15, 0.2) is 36.4 Å². The van der Waals surface area contributed by atoms with E-state index in [0.717, 1.165) is 21.9 Å². The van der Waals surface area contributed by atoms with Crippen molar-refractivity contribution in [3.8, 4) is 0 Å². The van der Waals surface area contributed by atoms with Crippen molar-refractivity contribution in [3.05, 3.63) is 58.9 Å². The highest BCUT2D eigenvalue weighted by atomic mass is 16.5. The SMILES string of the molecule is Cc1cc(C(=O)COC(=O)CCCN2C(=O)CN(C)C2=O)c(C)n1Cc1ccccc1. The fourth-order valence-corrected chi connectivity index (χ4v) is 3.66. The van der Waals surface area contributed by atoms with E-state index in [1.807, 2.05) is 50.2 Å². The molecular formula is C23H27N3O5. The van der Waals surface area contributed by atoms with E-state index in [4.69, 9.17) is 4.74 Å². The predicted octanol–water partition coefficient (Wildman–Crippen LogP) is 2.55. The summed E-state index contributed by atoms with van der Waals surface area (Å²) in [5.41, 5.74) is 3.46. The molecule has 0 bridgehead atoms. The number of nitrogens with zero attached hydrogens (tertiary/aromatic N) is 3. The number of ether oxygens (including phenoxy) is 1. The molecular weight excluding hydrogens is 398 g/mol. The third-order valence-electron chi connectivity index (χ3n) is 5.42. The number of hydrogen-bond acceptors (Lipinski definition) is 5. The highest BCUT2D eigenvalue weighted by Gasteiger charge is 2.32. The second kappa shape index (κ2) is 9.59. The first kappa shape index (κ1) is 22.3. The van der Waals surface area contributed by atoms with Gasteiger partial charge in [0.25, 0.3) is 0 Å². The summed E-state index contributed by atoms with van der Waals surface area (Å²) >= 11 is 0. The van der Waals surface area contributed by atoms with Gasteiger partial charge in [0, 0.05) is 43.5 Å². The van der Waals surface area contributed by atoms with Gasteiger partial charge in [0.1, 0.15) is 6.54 Å². The van der Waals surface area contributed by atoms with Crippen LogP contribution in [0.1, 0.15) is 40.2 Å². The van der Waals surface area contributed by atoms with Crippen LogP contribution in [-0.2, 0) is 20.9 Å². The van der Waals surface area contributed by atoms with E-state index >= 15 is 0 Å². The van der Waals surface area contributed by atoms with E-state index in [-0.39, 0.29) is 43.8 Å². The molecule has 8 heteroatoms. The molecule has 0 unspecified atom stereocenters. The Kier molecular flexibility index (Phi) is 6.89. The first-order chi connectivity index (χ1) is 14.8. The molecule has 0 N–H and O–H groups in total. The summed E-state index contributed by atoms with van der Waals surface area (Å²) < 4.78 is 7.18. The summed E-state index contributed by atoms with van der Waals surface area (Å²) in [6.07, 6.45) is 0.324. The molecule has 1 saturated heterocycles. The number of carbonyl (C=O) groups is 4. The van der Waals surface area contributed by atoms with E-state index in [2.05, 4.69) is 4.57 Å². The lowest BCUT2D eigenvalue weighted by molar-refractivity contribution is -0.142. The Balaban J connectivity index is 1.49. The number of imide groups is 1. The number of carbonyl (C=O) groups excluding carboxylic acids is 4. The van der Waals surface area contributed by atoms with Crippen LogP contribution in [0, 0.1) is 13.8 Å². The first-order valence-corrected chi connectivity index (χ1v) is 10.2. The monoisotopic (exact) mass is 425 g/mol. The molecule has 2 heterocycles. The van der Waals surface area contributed by atoms with Crippen LogP contribution in [0.4, 0.5) is 4.79 Å². The summed E-state index contributed by atoms with van der Waals surface area (Å²) in [5, 5.41) is 0. The highest BCUT2D eigenvalue weighted by molar-refractivity contribution is 6.02. The van der Waals surface area contributed by atoms with E-state index < -0.39 is 5.97 Å². The lowest BCUT2D eigenvalue weighted by atomic mass is 10.1. The van der Waals surface area contributed by atoms with Gasteiger partial charge in [-0.1, -0.05) is 30.3 Å². The summed E-state index contributed by atoms with van der Waals surface area (Å²) in [6.45, 7) is 4.36. The van der Waals surface area contributed by atoms with Crippen molar-refractivity contribution < 1.29 is 23.9 Å². The van der Waals surface area contributed by atoms with Gasteiger partial charge in [-0.05, 0) is 31.9 Å². The van der Waals surface area contributed by atoms with Crippen LogP contribution < -0.4 is 0 Å². The van der Waals surface area contributed by atoms with Crippen molar-refractivity contribution in [1.82, 2.24) is 14.4 Å². The predicted molar refractivity (Wildman–Crippen MR) is 114 cm³/mol. The molecule has 1 fully saturated rings. The van der Waals surface area contributed by atoms with Crippen molar-refractivity contribution >= 4 is 23.7 Å². The molecule has 2 aromatic rings. The number of aryl methyl sites for hydroxylation is 1. The minimum absolute atomic E-state index is 0.0289. The van der Waals surface area contributed by atoms with Crippen LogP contribution >= 0.6 is 0 Å². The maximum Gasteiger partial charge on any atom is 0.326 e. The summed E-state index contributed by atoms with van der Waals surface area (Å²) in [6, 6.07) is 11.4. The van der Waals surface area contributed by atoms with Gasteiger partial charge in [0.15, 0.2) is 6.61 Å². The van der Waals surface area contributed by atoms with Crippen LogP contribution in [0.3, 0.4) is 0 Å². The zero-order valence-electron chi connectivity index (χ0n) is 18.1. The summed E-state index contributed by atoms with van der Waals surface area (Å²) in [4.78, 5) is 50.6. The third kappa shape index (κ3) is 5.20. The van der Waals surface area contributed by atoms with Crippen molar-refractivity contribution in [1.29, 1.82) is 0 Å². The van der Waals surface area contributed by atoms with Gasteiger partial charge in [-0.2, -0.15) is 0 Å². The topological polar surface area (TPSA) is 88.9 Å². The molecule has 0 atom stereocenters. The molecule has 3 rings (SSSR count). The quantitative estimate of drug-likeness (QED) is 0.350. The maximum absolute atomic E-state index is 12.6. The van der Waals surface area contributed by atoms with Gasteiger partial charge >= 0.3 is 12.0 Å². The Morgan fingerprint density at radius 2 is 1.81 bits per heavy atom. The number of Topliss-reactive ketones (excluding diaryl/α,β-unsaturated/α-hetero) is 1. The van der Waals surface area contributed by atoms with Crippen molar-refractivity contribution in [2.45, 2.75) is 33.2 Å². The normalized spacial score (nSPS) is 13.8. The van der Waals surface area contributed by atoms with Crippen molar-refractivity contribution in [3.63, 3.8) is 0 Å². The number of ketones is 1. The standard InChI is InChI=1S/C23H27N3O5/c1-16-12-19(17(2)26(16)13-18-8-5-4-6-9-18)20(27)15-31-22(29)10-7-11-25-21(28)14-24(3)23(25)30/h4-6,8-9,12H,7,10-11,13-15H2,1-3H3. The van der Waals surface area contributed by atoms with E-state index in [9.17, 15) is 19.2 Å². The van der Waals surface area contributed by atoms with E-state index in [0.29, 0.717) is 18.5 Å². The molecule has 1 aromatic carbocycles. The van der Waals surface area contributed by atoms with Crippen LogP contribution in [-0.4, -0.2) is 64.8 Å². The Morgan fingerprint density at radius 3 is 2.45 bits per heavy atom. The fourth-order valence-electron chi connectivity index (χ4n) is 3.66. The number of esters is 1. The molecule has 8 nitrogen and oxygen atoms in total. The molecule has 1 aromatic heterocycles. The van der Waals surface area contributed by atoms with E-state index in [1.54, 1.807) is 7.05 Å². The first-order valence-electron chi connectivity index (χ1n) is 10.2. The Morgan fingerprint density at radius 1 is 1.10 bits per heavy atom. The lowest BCUT2D eigenvalue weighted by Gasteiger charge is -2.13. The number of likely N-dealkylation sites (N-methyl/N-ethyl adjacent to an activating group) is 1. The molecule has 3 amide bonds. The number of amides is 3. The Hall–Kier alpha value is -3.42. The zero-order valence-corrected chi connectivity index (χ0v) is 18.1. The van der Waals surface area contributed by atoms with Gasteiger partial charge in [-0.15, -0.1) is 0 Å². The fraction of sp³-hybridized carbons (Fsp3) is 0.391. The van der Waals surface area contributed by atoms with Gasteiger partial charge in [-0.3, -0.25) is 19.3 Å². The summed E-state index contributed by atoms with van der Waals surface area (Å²) in [7, 11) is 1.55. The lowest BCUT2D eigenvalue weighted by Crippen LogP contribution is -2.32. The summed E-state index contributed by atoms with van der Waals surface area (Å²) in [5.74, 6) is -1.06. The second-order valence-corrected chi connectivity index (χ2v) is 7.73. The van der Waals surface area contributed by atoms with E-state index in [1.165, 1.54) is 4.90 Å². The zero-order chi connectivity index (χ0) is 22.5. The maximum atomic E-state index is 12.6. The molecule has 1 aliphatic heterocycles. The molecule has 0 saturated carbocycles. The Bertz CT molecular complexity index is 996. The molecule has 0 radical (unpaired) electrons. The van der Waals surface area contributed by atoms with Crippen LogP contribution in [0.5, 0.6) is 0 Å². The highest BCUT2D eigenvalue weighted by Crippen LogP contribution is 2.18. The second-order valence-electron chi connectivity index (χ2n) is 7.73. The van der Waals surface area contributed by atoms with Gasteiger partial charge < -0.3 is 14.2 Å².